The van der Waals surface area contributed by atoms with Crippen LogP contribution in [0.2, 0.25) is 0 Å². The fraction of sp³-hybridized carbons (Fsp3) is 0.316. The Bertz CT molecular complexity index is 785. The minimum absolute atomic E-state index is 0.682. The van der Waals surface area contributed by atoms with E-state index in [1.807, 2.05) is 12.4 Å². The van der Waals surface area contributed by atoms with Crippen LogP contribution in [0.3, 0.4) is 0 Å². The van der Waals surface area contributed by atoms with Gasteiger partial charge in [-0.3, -0.25) is 0 Å². The van der Waals surface area contributed by atoms with Crippen LogP contribution in [-0.4, -0.2) is 24.3 Å². The molecule has 0 heterocycles. The molecule has 126 valence electrons. The molecule has 1 fully saturated rings. The van der Waals surface area contributed by atoms with E-state index in [4.69, 9.17) is 4.74 Å². The molecule has 0 aromatic heterocycles. The summed E-state index contributed by atoms with van der Waals surface area (Å²) in [7, 11) is 2.10. The van der Waals surface area contributed by atoms with Crippen molar-refractivity contribution in [3.05, 3.63) is 48.6 Å². The molecule has 0 saturated heterocycles. The van der Waals surface area contributed by atoms with Crippen LogP contribution < -0.4 is 4.74 Å². The van der Waals surface area contributed by atoms with Crippen molar-refractivity contribution in [2.24, 2.45) is 4.99 Å². The highest BCUT2D eigenvalue weighted by Crippen LogP contribution is 2.33. The fourth-order valence-corrected chi connectivity index (χ4v) is 3.24. The summed E-state index contributed by atoms with van der Waals surface area (Å²) in [6, 6.07) is 11.0. The van der Waals surface area contributed by atoms with Gasteiger partial charge in [-0.1, -0.05) is 0 Å². The lowest BCUT2D eigenvalue weighted by molar-refractivity contribution is 0.478. The van der Waals surface area contributed by atoms with Crippen LogP contribution in [0.25, 0.3) is 0 Å². The van der Waals surface area contributed by atoms with E-state index in [0.29, 0.717) is 6.04 Å². The number of nitrogens with zero attached hydrogens (tertiary/aromatic N) is 2. The summed E-state index contributed by atoms with van der Waals surface area (Å²) < 4.78 is 8.52. The Morgan fingerprint density at radius 1 is 1.08 bits per heavy atom. The Labute approximate surface area is 170 Å². The maximum Gasteiger partial charge on any atom is 0.130 e. The molecule has 1 aliphatic rings. The fourth-order valence-electron chi connectivity index (χ4n) is 2.42. The summed E-state index contributed by atoms with van der Waals surface area (Å²) in [5, 5.41) is 0. The van der Waals surface area contributed by atoms with Crippen LogP contribution in [0, 0.1) is 21.0 Å². The van der Waals surface area contributed by atoms with E-state index in [2.05, 4.69) is 100 Å². The zero-order chi connectivity index (χ0) is 17.3. The molecule has 0 radical (unpaired) electrons. The van der Waals surface area contributed by atoms with E-state index in [9.17, 15) is 0 Å². The second-order valence-electron chi connectivity index (χ2n) is 6.22. The summed E-state index contributed by atoms with van der Waals surface area (Å²) in [4.78, 5) is 6.85. The standard InChI is InChI=1S/C19H20I2N2O/c1-12-9-19(24-15-6-7-16(20)17(21)10-15)13(2)8-18(12)22-11-23(3)14-4-5-14/h6-11,14H,4-5H2,1-3H3/b22-11+. The number of ether oxygens (including phenoxy) is 1. The zero-order valence-electron chi connectivity index (χ0n) is 14.0. The lowest BCUT2D eigenvalue weighted by atomic mass is 10.1. The quantitative estimate of drug-likeness (QED) is 0.259. The lowest BCUT2D eigenvalue weighted by Gasteiger charge is -2.13. The summed E-state index contributed by atoms with van der Waals surface area (Å²) in [5.74, 6) is 1.76. The number of aliphatic imine (C=N–C) groups is 1. The molecule has 0 N–H and O–H groups in total. The molecule has 0 amide bonds. The van der Waals surface area contributed by atoms with Gasteiger partial charge in [-0.2, -0.15) is 0 Å². The molecule has 3 nitrogen and oxygen atoms in total. The van der Waals surface area contributed by atoms with Gasteiger partial charge in [0.15, 0.2) is 0 Å². The van der Waals surface area contributed by atoms with Crippen molar-refractivity contribution in [3.8, 4) is 11.5 Å². The smallest absolute Gasteiger partial charge is 0.130 e. The summed E-state index contributed by atoms with van der Waals surface area (Å²) in [5.41, 5.74) is 3.22. The van der Waals surface area contributed by atoms with Crippen molar-refractivity contribution in [3.63, 3.8) is 0 Å². The van der Waals surface area contributed by atoms with Gasteiger partial charge in [-0.05, 0) is 113 Å². The average molecular weight is 546 g/mol. The van der Waals surface area contributed by atoms with Crippen LogP contribution >= 0.6 is 45.2 Å². The number of rotatable bonds is 5. The highest BCUT2D eigenvalue weighted by Gasteiger charge is 2.24. The van der Waals surface area contributed by atoms with Crippen molar-refractivity contribution in [1.82, 2.24) is 4.90 Å². The topological polar surface area (TPSA) is 24.8 Å². The van der Waals surface area contributed by atoms with Crippen molar-refractivity contribution < 1.29 is 4.74 Å². The molecule has 3 rings (SSSR count). The van der Waals surface area contributed by atoms with Crippen LogP contribution in [0.1, 0.15) is 24.0 Å². The number of hydrogen-bond acceptors (Lipinski definition) is 2. The first-order valence-corrected chi connectivity index (χ1v) is 10.1. The molecular weight excluding hydrogens is 526 g/mol. The maximum absolute atomic E-state index is 6.08. The molecule has 0 unspecified atom stereocenters. The SMILES string of the molecule is Cc1cc(Oc2ccc(I)c(I)c2)c(C)cc1/N=C/N(C)C1CC1. The van der Waals surface area contributed by atoms with Crippen molar-refractivity contribution in [2.75, 3.05) is 7.05 Å². The third-order valence-corrected chi connectivity index (χ3v) is 6.98. The van der Waals surface area contributed by atoms with Gasteiger partial charge in [-0.25, -0.2) is 4.99 Å². The zero-order valence-corrected chi connectivity index (χ0v) is 18.3. The minimum atomic E-state index is 0.682. The van der Waals surface area contributed by atoms with E-state index < -0.39 is 0 Å². The Kier molecular flexibility index (Phi) is 5.69. The average Bonchev–Trinajstić information content (AvgIpc) is 3.37. The molecule has 1 saturated carbocycles. The molecule has 0 spiro atoms. The lowest BCUT2D eigenvalue weighted by Crippen LogP contribution is -2.17. The predicted molar refractivity (Wildman–Crippen MR) is 117 cm³/mol. The third-order valence-electron chi connectivity index (χ3n) is 4.11. The molecule has 5 heteroatoms. The van der Waals surface area contributed by atoms with Crippen LogP contribution in [0.15, 0.2) is 35.3 Å². The second kappa shape index (κ2) is 7.59. The number of aryl methyl sites for hydroxylation is 2. The van der Waals surface area contributed by atoms with Crippen molar-refractivity contribution >= 4 is 57.2 Å². The summed E-state index contributed by atoms with van der Waals surface area (Å²) >= 11 is 4.66. The monoisotopic (exact) mass is 546 g/mol. The number of hydrogen-bond donors (Lipinski definition) is 0. The van der Waals surface area contributed by atoms with Gasteiger partial charge < -0.3 is 9.64 Å². The number of benzene rings is 2. The number of halogens is 2. The van der Waals surface area contributed by atoms with Gasteiger partial charge in [0, 0.05) is 20.2 Å². The molecule has 2 aromatic rings. The molecular formula is C19H20I2N2O. The highest BCUT2D eigenvalue weighted by molar-refractivity contribution is 14.1. The molecule has 0 atom stereocenters. The molecule has 0 aliphatic heterocycles. The summed E-state index contributed by atoms with van der Waals surface area (Å²) in [6.07, 6.45) is 4.51. The van der Waals surface area contributed by atoms with E-state index in [1.165, 1.54) is 20.0 Å². The first-order valence-electron chi connectivity index (χ1n) is 7.94. The summed E-state index contributed by atoms with van der Waals surface area (Å²) in [6.45, 7) is 4.14. The predicted octanol–water partition coefficient (Wildman–Crippen LogP) is 6.06. The Morgan fingerprint density at radius 3 is 2.50 bits per heavy atom. The van der Waals surface area contributed by atoms with Gasteiger partial charge in [-0.15, -0.1) is 0 Å². The molecule has 24 heavy (non-hydrogen) atoms. The molecule has 0 bridgehead atoms. The van der Waals surface area contributed by atoms with Gasteiger partial charge >= 0.3 is 0 Å². The Balaban J connectivity index is 1.79. The second-order valence-corrected chi connectivity index (χ2v) is 8.55. The molecule has 2 aromatic carbocycles. The molecule has 1 aliphatic carbocycles. The minimum Gasteiger partial charge on any atom is -0.457 e. The Hall–Kier alpha value is -0.830. The van der Waals surface area contributed by atoms with Gasteiger partial charge in [0.1, 0.15) is 11.5 Å². The first-order chi connectivity index (χ1) is 11.4. The normalized spacial score (nSPS) is 14.2. The first kappa shape index (κ1) is 18.0. The van der Waals surface area contributed by atoms with Gasteiger partial charge in [0.25, 0.3) is 0 Å². The van der Waals surface area contributed by atoms with Crippen LogP contribution in [0.4, 0.5) is 5.69 Å². The van der Waals surface area contributed by atoms with Crippen molar-refractivity contribution in [1.29, 1.82) is 0 Å². The van der Waals surface area contributed by atoms with Gasteiger partial charge in [0.2, 0.25) is 0 Å². The van der Waals surface area contributed by atoms with E-state index in [-0.39, 0.29) is 0 Å². The van der Waals surface area contributed by atoms with Gasteiger partial charge in [0.05, 0.1) is 12.0 Å². The van der Waals surface area contributed by atoms with E-state index in [0.717, 1.165) is 28.3 Å². The van der Waals surface area contributed by atoms with E-state index in [1.54, 1.807) is 0 Å². The third kappa shape index (κ3) is 4.41. The Morgan fingerprint density at radius 2 is 1.83 bits per heavy atom. The highest BCUT2D eigenvalue weighted by atomic mass is 127. The van der Waals surface area contributed by atoms with Crippen LogP contribution in [-0.2, 0) is 0 Å². The van der Waals surface area contributed by atoms with Crippen molar-refractivity contribution in [2.45, 2.75) is 32.7 Å². The largest absolute Gasteiger partial charge is 0.457 e. The maximum atomic E-state index is 6.08. The van der Waals surface area contributed by atoms with E-state index >= 15 is 0 Å². The van der Waals surface area contributed by atoms with Crippen LogP contribution in [0.5, 0.6) is 11.5 Å².